The maximum Gasteiger partial charge on any atom is 0.227 e. The molecule has 2 unspecified atom stereocenters. The molecule has 33 heavy (non-hydrogen) atoms. The molecule has 6 nitrogen and oxygen atoms in total. The van der Waals surface area contributed by atoms with Crippen molar-refractivity contribution >= 4 is 17.5 Å². The highest BCUT2D eigenvalue weighted by molar-refractivity contribution is 6.00. The van der Waals surface area contributed by atoms with Crippen LogP contribution in [-0.4, -0.2) is 67.9 Å². The average Bonchev–Trinajstić information content (AvgIpc) is 3.46. The quantitative estimate of drug-likeness (QED) is 0.741. The third-order valence-electron chi connectivity index (χ3n) is 7.44. The lowest BCUT2D eigenvalue weighted by molar-refractivity contribution is -0.127. The van der Waals surface area contributed by atoms with Crippen LogP contribution in [0.5, 0.6) is 0 Å². The minimum atomic E-state index is -0.315. The maximum absolute atomic E-state index is 13.3. The van der Waals surface area contributed by atoms with Gasteiger partial charge in [0.2, 0.25) is 11.8 Å². The molecule has 0 bridgehead atoms. The number of piperazine rings is 1. The minimum absolute atomic E-state index is 0.0185. The van der Waals surface area contributed by atoms with E-state index in [1.807, 2.05) is 24.3 Å². The highest BCUT2D eigenvalue weighted by atomic mass is 16.2. The van der Waals surface area contributed by atoms with Gasteiger partial charge in [-0.15, -0.1) is 0 Å². The van der Waals surface area contributed by atoms with Crippen molar-refractivity contribution in [3.63, 3.8) is 0 Å². The van der Waals surface area contributed by atoms with Crippen molar-refractivity contribution in [3.8, 4) is 0 Å². The Morgan fingerprint density at radius 3 is 2.58 bits per heavy atom. The van der Waals surface area contributed by atoms with Crippen LogP contribution < -0.4 is 10.2 Å². The van der Waals surface area contributed by atoms with E-state index in [-0.39, 0.29) is 30.2 Å². The summed E-state index contributed by atoms with van der Waals surface area (Å²) in [5.74, 6) is -0.289. The predicted molar refractivity (Wildman–Crippen MR) is 130 cm³/mol. The molecule has 2 saturated heterocycles. The number of benzene rings is 2. The van der Waals surface area contributed by atoms with Crippen LogP contribution in [0.2, 0.25) is 0 Å². The summed E-state index contributed by atoms with van der Waals surface area (Å²) < 4.78 is 0. The Morgan fingerprint density at radius 1 is 1.03 bits per heavy atom. The summed E-state index contributed by atoms with van der Waals surface area (Å²) in [4.78, 5) is 32.7. The van der Waals surface area contributed by atoms with E-state index in [2.05, 4.69) is 46.4 Å². The molecule has 0 saturated carbocycles. The fourth-order valence-electron chi connectivity index (χ4n) is 5.36. The lowest BCUT2D eigenvalue weighted by Gasteiger charge is -2.35. The van der Waals surface area contributed by atoms with E-state index in [1.54, 1.807) is 4.90 Å². The SMILES string of the molecule is CN1CCN(CC(NC(=O)C2CC(=O)N(c3ccc4c(c3)CCC4)C2)c2ccccc2)CC1. The molecule has 3 aliphatic rings. The second-order valence-corrected chi connectivity index (χ2v) is 9.79. The van der Waals surface area contributed by atoms with Gasteiger partial charge in [-0.3, -0.25) is 14.5 Å². The van der Waals surface area contributed by atoms with E-state index < -0.39 is 0 Å². The Hall–Kier alpha value is -2.70. The number of likely N-dealkylation sites (N-methyl/N-ethyl adjacent to an activating group) is 1. The van der Waals surface area contributed by atoms with E-state index in [9.17, 15) is 9.59 Å². The molecule has 5 rings (SSSR count). The van der Waals surface area contributed by atoms with Gasteiger partial charge in [0.25, 0.3) is 0 Å². The average molecular weight is 447 g/mol. The smallest absolute Gasteiger partial charge is 0.227 e. The van der Waals surface area contributed by atoms with Crippen LogP contribution in [0.25, 0.3) is 0 Å². The van der Waals surface area contributed by atoms with Crippen molar-refractivity contribution in [2.24, 2.45) is 5.92 Å². The zero-order valence-corrected chi connectivity index (χ0v) is 19.5. The summed E-state index contributed by atoms with van der Waals surface area (Å²) in [7, 11) is 2.15. The fourth-order valence-corrected chi connectivity index (χ4v) is 5.36. The summed E-state index contributed by atoms with van der Waals surface area (Å²) >= 11 is 0. The molecule has 1 N–H and O–H groups in total. The number of carbonyl (C=O) groups excluding carboxylic acids is 2. The first-order chi connectivity index (χ1) is 16.1. The first-order valence-electron chi connectivity index (χ1n) is 12.3. The largest absolute Gasteiger partial charge is 0.348 e. The Morgan fingerprint density at radius 2 is 1.79 bits per heavy atom. The van der Waals surface area contributed by atoms with Gasteiger partial charge in [-0.2, -0.15) is 0 Å². The topological polar surface area (TPSA) is 55.9 Å². The van der Waals surface area contributed by atoms with E-state index in [1.165, 1.54) is 17.5 Å². The zero-order chi connectivity index (χ0) is 22.8. The number of amides is 2. The van der Waals surface area contributed by atoms with Gasteiger partial charge in [-0.05, 0) is 55.1 Å². The first kappa shape index (κ1) is 22.1. The molecule has 0 radical (unpaired) electrons. The van der Waals surface area contributed by atoms with Gasteiger partial charge in [0.05, 0.1) is 12.0 Å². The van der Waals surface area contributed by atoms with Crippen molar-refractivity contribution < 1.29 is 9.59 Å². The van der Waals surface area contributed by atoms with Crippen LogP contribution >= 0.6 is 0 Å². The molecular weight excluding hydrogens is 412 g/mol. The molecular formula is C27H34N4O2. The van der Waals surface area contributed by atoms with Gasteiger partial charge in [0, 0.05) is 51.4 Å². The molecule has 0 spiro atoms. The number of anilines is 1. The molecule has 2 heterocycles. The summed E-state index contributed by atoms with van der Waals surface area (Å²) in [6.45, 7) is 5.34. The Balaban J connectivity index is 1.26. The number of fused-ring (bicyclic) bond motifs is 1. The van der Waals surface area contributed by atoms with Crippen molar-refractivity contribution in [1.29, 1.82) is 0 Å². The van der Waals surface area contributed by atoms with Gasteiger partial charge in [-0.25, -0.2) is 0 Å². The molecule has 1 aliphatic carbocycles. The standard InChI is InChI=1S/C27H34N4O2/c1-29-12-14-30(15-13-29)19-25(21-6-3-2-4-7-21)28-27(33)23-17-26(32)31(18-23)24-11-10-20-8-5-9-22(20)16-24/h2-4,6-7,10-11,16,23,25H,5,8-9,12-15,17-19H2,1H3,(H,28,33). The molecule has 2 aromatic rings. The number of nitrogens with one attached hydrogen (secondary N) is 1. The van der Waals surface area contributed by atoms with Crippen molar-refractivity contribution in [1.82, 2.24) is 15.1 Å². The summed E-state index contributed by atoms with van der Waals surface area (Å²) in [5.41, 5.74) is 4.80. The Kier molecular flexibility index (Phi) is 6.47. The molecule has 2 atom stereocenters. The Labute approximate surface area is 196 Å². The van der Waals surface area contributed by atoms with Crippen LogP contribution in [0.3, 0.4) is 0 Å². The predicted octanol–water partition coefficient (Wildman–Crippen LogP) is 2.63. The highest BCUT2D eigenvalue weighted by Crippen LogP contribution is 2.31. The molecule has 2 fully saturated rings. The lowest BCUT2D eigenvalue weighted by Crippen LogP contribution is -2.48. The fraction of sp³-hybridized carbons (Fsp3) is 0.481. The molecule has 2 aliphatic heterocycles. The van der Waals surface area contributed by atoms with E-state index in [4.69, 9.17) is 0 Å². The van der Waals surface area contributed by atoms with Gasteiger partial charge >= 0.3 is 0 Å². The second kappa shape index (κ2) is 9.65. The van der Waals surface area contributed by atoms with Crippen LogP contribution in [-0.2, 0) is 22.4 Å². The van der Waals surface area contributed by atoms with Gasteiger partial charge < -0.3 is 15.1 Å². The molecule has 6 heteroatoms. The van der Waals surface area contributed by atoms with Crippen molar-refractivity contribution in [2.75, 3.05) is 51.2 Å². The molecule has 0 aromatic heterocycles. The van der Waals surface area contributed by atoms with Crippen LogP contribution in [0.1, 0.15) is 35.6 Å². The summed E-state index contributed by atoms with van der Waals surface area (Å²) in [6, 6.07) is 16.5. The number of carbonyl (C=O) groups is 2. The second-order valence-electron chi connectivity index (χ2n) is 9.79. The first-order valence-corrected chi connectivity index (χ1v) is 12.3. The third kappa shape index (κ3) is 4.97. The van der Waals surface area contributed by atoms with Crippen molar-refractivity contribution in [3.05, 3.63) is 65.2 Å². The number of nitrogens with zero attached hydrogens (tertiary/aromatic N) is 3. The lowest BCUT2D eigenvalue weighted by atomic mass is 10.0. The zero-order valence-electron chi connectivity index (χ0n) is 19.5. The van der Waals surface area contributed by atoms with Gasteiger partial charge in [0.1, 0.15) is 0 Å². The number of rotatable bonds is 6. The van der Waals surface area contributed by atoms with Gasteiger partial charge in [0.15, 0.2) is 0 Å². The van der Waals surface area contributed by atoms with Crippen molar-refractivity contribution in [2.45, 2.75) is 31.7 Å². The summed E-state index contributed by atoms with van der Waals surface area (Å²) in [5, 5.41) is 3.29. The minimum Gasteiger partial charge on any atom is -0.348 e. The molecule has 174 valence electrons. The molecule has 2 aromatic carbocycles. The number of hydrogen-bond acceptors (Lipinski definition) is 4. The normalized spacial score (nSPS) is 22.4. The van der Waals surface area contributed by atoms with Crippen LogP contribution in [0, 0.1) is 5.92 Å². The van der Waals surface area contributed by atoms with Crippen LogP contribution in [0.4, 0.5) is 5.69 Å². The molecule has 2 amide bonds. The third-order valence-corrected chi connectivity index (χ3v) is 7.44. The number of aryl methyl sites for hydroxylation is 2. The maximum atomic E-state index is 13.3. The monoisotopic (exact) mass is 446 g/mol. The Bertz CT molecular complexity index is 1000. The van der Waals surface area contributed by atoms with Gasteiger partial charge in [-0.1, -0.05) is 36.4 Å². The van der Waals surface area contributed by atoms with E-state index >= 15 is 0 Å². The van der Waals surface area contributed by atoms with Crippen LogP contribution in [0.15, 0.2) is 48.5 Å². The van der Waals surface area contributed by atoms with E-state index in [0.717, 1.165) is 56.8 Å². The highest BCUT2D eigenvalue weighted by Gasteiger charge is 2.36. The van der Waals surface area contributed by atoms with E-state index in [0.29, 0.717) is 6.54 Å². The summed E-state index contributed by atoms with van der Waals surface area (Å²) in [6.07, 6.45) is 3.67. The number of hydrogen-bond donors (Lipinski definition) is 1.